The van der Waals surface area contributed by atoms with Crippen LogP contribution in [0.4, 0.5) is 0 Å². The molecule has 1 atom stereocenters. The quantitative estimate of drug-likeness (QED) is 0.691. The summed E-state index contributed by atoms with van der Waals surface area (Å²) in [6.45, 7) is 7.11. The first-order valence-corrected chi connectivity index (χ1v) is 4.87. The van der Waals surface area contributed by atoms with Gasteiger partial charge >= 0.3 is 0 Å². The molecule has 0 bridgehead atoms. The molecule has 0 aliphatic carbocycles. The lowest BCUT2D eigenvalue weighted by molar-refractivity contribution is -0.141. The van der Waals surface area contributed by atoms with E-state index in [1.165, 1.54) is 4.90 Å². The third-order valence-corrected chi connectivity index (χ3v) is 2.82. The number of likely N-dealkylation sites (N-methyl/N-ethyl adjacent to an activating group) is 1. The van der Waals surface area contributed by atoms with E-state index in [1.807, 2.05) is 6.92 Å². The van der Waals surface area contributed by atoms with Crippen molar-refractivity contribution in [3.63, 3.8) is 0 Å². The zero-order chi connectivity index (χ0) is 11.6. The van der Waals surface area contributed by atoms with E-state index in [4.69, 9.17) is 10.8 Å². The molecule has 0 spiro atoms. The molecule has 0 rings (SSSR count). The second-order valence-electron chi connectivity index (χ2n) is 4.61. The van der Waals surface area contributed by atoms with Gasteiger partial charge in [0.2, 0.25) is 5.91 Å². The highest BCUT2D eigenvalue weighted by Gasteiger charge is 2.35. The molecule has 0 fully saturated rings. The number of carbonyl (C=O) groups is 1. The van der Waals surface area contributed by atoms with Gasteiger partial charge in [0.1, 0.15) is 0 Å². The maximum absolute atomic E-state index is 11.9. The molecular weight excluding hydrogens is 180 g/mol. The van der Waals surface area contributed by atoms with Crippen molar-refractivity contribution in [2.75, 3.05) is 13.7 Å². The number of hydrogen-bond donors (Lipinski definition) is 2. The van der Waals surface area contributed by atoms with Crippen LogP contribution in [0.2, 0.25) is 0 Å². The standard InChI is InChI=1S/C10H22N2O2/c1-6-10(4,11)8(14)12(5)9(2,3)7-13/h13H,6-7,11H2,1-5H3. The fraction of sp³-hybridized carbons (Fsp3) is 0.900. The van der Waals surface area contributed by atoms with Crippen molar-refractivity contribution in [2.24, 2.45) is 5.73 Å². The van der Waals surface area contributed by atoms with Crippen molar-refractivity contribution in [3.8, 4) is 0 Å². The lowest BCUT2D eigenvalue weighted by Crippen LogP contribution is -2.58. The number of aliphatic hydroxyl groups excluding tert-OH is 1. The molecule has 14 heavy (non-hydrogen) atoms. The van der Waals surface area contributed by atoms with Gasteiger partial charge in [0, 0.05) is 7.05 Å². The molecule has 1 unspecified atom stereocenters. The van der Waals surface area contributed by atoms with Gasteiger partial charge in [-0.05, 0) is 27.2 Å². The largest absolute Gasteiger partial charge is 0.394 e. The Labute approximate surface area is 86.1 Å². The summed E-state index contributed by atoms with van der Waals surface area (Å²) >= 11 is 0. The van der Waals surface area contributed by atoms with E-state index in [9.17, 15) is 4.79 Å². The fourth-order valence-corrected chi connectivity index (χ4v) is 0.915. The van der Waals surface area contributed by atoms with Gasteiger partial charge in [-0.3, -0.25) is 4.79 Å². The second-order valence-corrected chi connectivity index (χ2v) is 4.61. The van der Waals surface area contributed by atoms with Crippen molar-refractivity contribution in [2.45, 2.75) is 45.2 Å². The summed E-state index contributed by atoms with van der Waals surface area (Å²) in [7, 11) is 1.67. The minimum Gasteiger partial charge on any atom is -0.394 e. The summed E-state index contributed by atoms with van der Waals surface area (Å²) in [6, 6.07) is 0. The summed E-state index contributed by atoms with van der Waals surface area (Å²) in [5, 5.41) is 9.12. The molecule has 0 radical (unpaired) electrons. The molecule has 0 aromatic heterocycles. The van der Waals surface area contributed by atoms with E-state index in [2.05, 4.69) is 0 Å². The number of nitrogens with two attached hydrogens (primary N) is 1. The van der Waals surface area contributed by atoms with Gasteiger partial charge in [0.05, 0.1) is 17.7 Å². The van der Waals surface area contributed by atoms with Crippen molar-refractivity contribution in [1.82, 2.24) is 4.90 Å². The third-order valence-electron chi connectivity index (χ3n) is 2.82. The van der Waals surface area contributed by atoms with E-state index in [-0.39, 0.29) is 12.5 Å². The molecule has 0 aromatic carbocycles. The van der Waals surface area contributed by atoms with Gasteiger partial charge in [-0.2, -0.15) is 0 Å². The van der Waals surface area contributed by atoms with E-state index in [0.29, 0.717) is 6.42 Å². The SMILES string of the molecule is CCC(C)(N)C(=O)N(C)C(C)(C)CO. The fourth-order valence-electron chi connectivity index (χ4n) is 0.915. The van der Waals surface area contributed by atoms with Crippen molar-refractivity contribution in [1.29, 1.82) is 0 Å². The number of nitrogens with zero attached hydrogens (tertiary/aromatic N) is 1. The Morgan fingerprint density at radius 3 is 2.14 bits per heavy atom. The Kier molecular flexibility index (Phi) is 4.09. The maximum Gasteiger partial charge on any atom is 0.242 e. The maximum atomic E-state index is 11.9. The smallest absolute Gasteiger partial charge is 0.242 e. The molecule has 0 aliphatic heterocycles. The average molecular weight is 202 g/mol. The molecule has 3 N–H and O–H groups in total. The molecule has 1 amide bonds. The van der Waals surface area contributed by atoms with Crippen LogP contribution in [0.25, 0.3) is 0 Å². The number of aliphatic hydroxyl groups is 1. The highest BCUT2D eigenvalue weighted by molar-refractivity contribution is 5.86. The molecule has 4 heteroatoms. The molecule has 0 saturated heterocycles. The summed E-state index contributed by atoms with van der Waals surface area (Å²) < 4.78 is 0. The van der Waals surface area contributed by atoms with Gasteiger partial charge in [-0.15, -0.1) is 0 Å². The van der Waals surface area contributed by atoms with Crippen LogP contribution in [0.3, 0.4) is 0 Å². The summed E-state index contributed by atoms with van der Waals surface area (Å²) in [6.07, 6.45) is 0.581. The predicted octanol–water partition coefficient (Wildman–Crippen LogP) is 0.343. The van der Waals surface area contributed by atoms with Crippen LogP contribution in [0.5, 0.6) is 0 Å². The van der Waals surface area contributed by atoms with Gasteiger partial charge in [-0.25, -0.2) is 0 Å². The van der Waals surface area contributed by atoms with Crippen molar-refractivity contribution in [3.05, 3.63) is 0 Å². The van der Waals surface area contributed by atoms with Crippen molar-refractivity contribution < 1.29 is 9.90 Å². The monoisotopic (exact) mass is 202 g/mol. The highest BCUT2D eigenvalue weighted by atomic mass is 16.3. The Balaban J connectivity index is 4.71. The summed E-state index contributed by atoms with van der Waals surface area (Å²) in [5.41, 5.74) is 4.43. The topological polar surface area (TPSA) is 66.6 Å². The Morgan fingerprint density at radius 1 is 1.43 bits per heavy atom. The minimum absolute atomic E-state index is 0.0744. The van der Waals surface area contributed by atoms with E-state index in [0.717, 1.165) is 0 Å². The third kappa shape index (κ3) is 2.69. The van der Waals surface area contributed by atoms with Crippen molar-refractivity contribution >= 4 is 5.91 Å². The number of carbonyl (C=O) groups excluding carboxylic acids is 1. The number of rotatable bonds is 4. The Bertz CT molecular complexity index is 212. The average Bonchev–Trinajstić information content (AvgIpc) is 2.15. The van der Waals surface area contributed by atoms with Crippen LogP contribution in [0, 0.1) is 0 Å². The van der Waals surface area contributed by atoms with Crippen LogP contribution >= 0.6 is 0 Å². The van der Waals surface area contributed by atoms with E-state index in [1.54, 1.807) is 27.8 Å². The van der Waals surface area contributed by atoms with Crippen LogP contribution in [-0.2, 0) is 4.79 Å². The van der Waals surface area contributed by atoms with Gasteiger partial charge in [-0.1, -0.05) is 6.92 Å². The molecule has 4 nitrogen and oxygen atoms in total. The molecular formula is C10H22N2O2. The lowest BCUT2D eigenvalue weighted by atomic mass is 9.95. The minimum atomic E-state index is -0.846. The van der Waals surface area contributed by atoms with Crippen LogP contribution in [-0.4, -0.2) is 40.6 Å². The molecule has 0 aromatic rings. The lowest BCUT2D eigenvalue weighted by Gasteiger charge is -2.38. The van der Waals surface area contributed by atoms with Crippen LogP contribution in [0.1, 0.15) is 34.1 Å². The van der Waals surface area contributed by atoms with Crippen LogP contribution in [0.15, 0.2) is 0 Å². The van der Waals surface area contributed by atoms with Gasteiger partial charge in [0.15, 0.2) is 0 Å². The van der Waals surface area contributed by atoms with Gasteiger partial charge in [0.25, 0.3) is 0 Å². The number of hydrogen-bond acceptors (Lipinski definition) is 3. The zero-order valence-electron chi connectivity index (χ0n) is 9.79. The Hall–Kier alpha value is -0.610. The van der Waals surface area contributed by atoms with E-state index >= 15 is 0 Å². The Morgan fingerprint density at radius 2 is 1.86 bits per heavy atom. The highest BCUT2D eigenvalue weighted by Crippen LogP contribution is 2.17. The molecule has 0 aliphatic rings. The first-order valence-electron chi connectivity index (χ1n) is 4.87. The second kappa shape index (κ2) is 4.28. The summed E-state index contributed by atoms with van der Waals surface area (Å²) in [4.78, 5) is 13.4. The van der Waals surface area contributed by atoms with E-state index < -0.39 is 11.1 Å². The predicted molar refractivity (Wildman–Crippen MR) is 56.8 cm³/mol. The molecule has 84 valence electrons. The number of amides is 1. The zero-order valence-corrected chi connectivity index (χ0v) is 9.79. The van der Waals surface area contributed by atoms with Crippen LogP contribution < -0.4 is 5.73 Å². The van der Waals surface area contributed by atoms with Gasteiger partial charge < -0.3 is 15.7 Å². The normalized spacial score (nSPS) is 16.2. The first-order chi connectivity index (χ1) is 6.19. The molecule has 0 heterocycles. The summed E-state index contributed by atoms with van der Waals surface area (Å²) in [5.74, 6) is -0.140. The molecule has 0 saturated carbocycles. The first kappa shape index (κ1) is 13.4.